The average Bonchev–Trinajstić information content (AvgIpc) is 3.09. The molecule has 4 aromatic rings. The second-order valence-electron chi connectivity index (χ2n) is 7.27. The van der Waals surface area contributed by atoms with Gasteiger partial charge in [0.25, 0.3) is 5.56 Å². The number of halogens is 1. The topological polar surface area (TPSA) is 83.1 Å². The maximum atomic E-state index is 13.0. The Kier molecular flexibility index (Phi) is 5.67. The lowest BCUT2D eigenvalue weighted by Crippen LogP contribution is -2.37. The number of nitrogens with zero attached hydrogens (tertiary/aromatic N) is 4. The molecule has 160 valence electrons. The third kappa shape index (κ3) is 3.99. The molecular weight excluding hydrogens is 418 g/mol. The minimum atomic E-state index is -0.451. The van der Waals surface area contributed by atoms with Gasteiger partial charge in [0, 0.05) is 25.7 Å². The number of aromatic nitrogens is 4. The van der Waals surface area contributed by atoms with Crippen molar-refractivity contribution in [3.8, 4) is 11.8 Å². The quantitative estimate of drug-likeness (QED) is 0.499. The Hall–Kier alpha value is -3.36. The Labute approximate surface area is 183 Å². The van der Waals surface area contributed by atoms with Gasteiger partial charge in [0.05, 0.1) is 6.54 Å². The molecule has 31 heavy (non-hydrogen) atoms. The highest BCUT2D eigenvalue weighted by molar-refractivity contribution is 6.30. The Bertz CT molecular complexity index is 1390. The van der Waals surface area contributed by atoms with Crippen LogP contribution in [-0.4, -0.2) is 25.7 Å². The highest BCUT2D eigenvalue weighted by Crippen LogP contribution is 2.26. The first-order chi connectivity index (χ1) is 14.9. The van der Waals surface area contributed by atoms with E-state index in [1.54, 1.807) is 17.7 Å². The monoisotopic (exact) mass is 439 g/mol. The Morgan fingerprint density at radius 2 is 1.77 bits per heavy atom. The molecule has 0 unspecified atom stereocenters. The number of nitrogens with one attached hydrogen (secondary N) is 1. The number of imidazole rings is 1. The summed E-state index contributed by atoms with van der Waals surface area (Å²) in [4.78, 5) is 29.9. The van der Waals surface area contributed by atoms with Gasteiger partial charge in [-0.3, -0.25) is 18.5 Å². The summed E-state index contributed by atoms with van der Waals surface area (Å²) in [6.45, 7) is 0.987. The maximum absolute atomic E-state index is 13.0. The number of fused-ring (bicyclic) bond motifs is 1. The molecule has 0 bridgehead atoms. The summed E-state index contributed by atoms with van der Waals surface area (Å²) in [5.74, 6) is 0.581. The van der Waals surface area contributed by atoms with E-state index in [9.17, 15) is 9.59 Å². The van der Waals surface area contributed by atoms with Crippen LogP contribution >= 0.6 is 11.6 Å². The van der Waals surface area contributed by atoms with E-state index in [2.05, 4.69) is 10.3 Å². The third-order valence-corrected chi connectivity index (χ3v) is 5.27. The summed E-state index contributed by atoms with van der Waals surface area (Å²) in [6.07, 6.45) is 0. The van der Waals surface area contributed by atoms with Gasteiger partial charge in [-0.05, 0) is 42.4 Å². The van der Waals surface area contributed by atoms with E-state index in [1.807, 2.05) is 49.5 Å². The van der Waals surface area contributed by atoms with Crippen LogP contribution in [0.1, 0.15) is 11.1 Å². The first-order valence-electron chi connectivity index (χ1n) is 9.71. The molecule has 0 amide bonds. The van der Waals surface area contributed by atoms with Gasteiger partial charge in [-0.2, -0.15) is 4.98 Å². The van der Waals surface area contributed by atoms with E-state index in [0.29, 0.717) is 23.9 Å². The Balaban J connectivity index is 1.90. The van der Waals surface area contributed by atoms with Crippen LogP contribution in [0.5, 0.6) is 11.8 Å². The molecule has 2 heterocycles. The van der Waals surface area contributed by atoms with Crippen LogP contribution in [0.4, 0.5) is 0 Å². The van der Waals surface area contributed by atoms with E-state index in [1.165, 1.54) is 11.6 Å². The first-order valence-corrected chi connectivity index (χ1v) is 10.1. The zero-order valence-corrected chi connectivity index (χ0v) is 18.2. The van der Waals surface area contributed by atoms with Gasteiger partial charge in [0.1, 0.15) is 5.75 Å². The molecule has 1 N–H and O–H groups in total. The summed E-state index contributed by atoms with van der Waals surface area (Å²) in [5.41, 5.74) is 1.57. The van der Waals surface area contributed by atoms with Gasteiger partial charge in [-0.15, -0.1) is 0 Å². The van der Waals surface area contributed by atoms with Crippen LogP contribution in [0.2, 0.25) is 5.02 Å². The van der Waals surface area contributed by atoms with Crippen molar-refractivity contribution < 1.29 is 4.74 Å². The van der Waals surface area contributed by atoms with Gasteiger partial charge in [0.15, 0.2) is 11.2 Å². The second kappa shape index (κ2) is 8.41. The smallest absolute Gasteiger partial charge is 0.332 e. The van der Waals surface area contributed by atoms with Crippen LogP contribution in [0.3, 0.4) is 0 Å². The summed E-state index contributed by atoms with van der Waals surface area (Å²) in [5, 5.41) is 3.69. The predicted molar refractivity (Wildman–Crippen MR) is 120 cm³/mol. The molecule has 2 aromatic heterocycles. The molecule has 0 aliphatic rings. The van der Waals surface area contributed by atoms with Crippen molar-refractivity contribution in [2.75, 3.05) is 7.05 Å². The van der Waals surface area contributed by atoms with Crippen LogP contribution in [0.15, 0.2) is 58.1 Å². The minimum absolute atomic E-state index is 0.217. The molecule has 0 fully saturated rings. The molecular formula is C22H22ClN5O3. The molecule has 0 radical (unpaired) electrons. The fourth-order valence-corrected chi connectivity index (χ4v) is 3.71. The van der Waals surface area contributed by atoms with E-state index in [4.69, 9.17) is 16.3 Å². The molecule has 4 rings (SSSR count). The molecule has 0 saturated carbocycles. The number of benzene rings is 2. The summed E-state index contributed by atoms with van der Waals surface area (Å²) in [7, 11) is 4.90. The minimum Gasteiger partial charge on any atom is -0.425 e. The van der Waals surface area contributed by atoms with Crippen LogP contribution < -0.4 is 21.3 Å². The normalized spacial score (nSPS) is 11.2. The van der Waals surface area contributed by atoms with E-state index < -0.39 is 11.2 Å². The van der Waals surface area contributed by atoms with Crippen molar-refractivity contribution in [3.63, 3.8) is 0 Å². The second-order valence-corrected chi connectivity index (χ2v) is 7.70. The maximum Gasteiger partial charge on any atom is 0.332 e. The lowest BCUT2D eigenvalue weighted by Gasteiger charge is -2.11. The van der Waals surface area contributed by atoms with Crippen LogP contribution in [0.25, 0.3) is 11.2 Å². The summed E-state index contributed by atoms with van der Waals surface area (Å²) in [6, 6.07) is 15.2. The number of aryl methyl sites for hydroxylation is 1. The van der Waals surface area contributed by atoms with Crippen molar-refractivity contribution in [2.45, 2.75) is 13.1 Å². The number of hydrogen-bond donors (Lipinski definition) is 1. The third-order valence-electron chi connectivity index (χ3n) is 5.03. The van der Waals surface area contributed by atoms with Crippen molar-refractivity contribution in [3.05, 3.63) is 85.5 Å². The molecule has 0 atom stereocenters. The Morgan fingerprint density at radius 1 is 1.03 bits per heavy atom. The van der Waals surface area contributed by atoms with E-state index >= 15 is 0 Å². The lowest BCUT2D eigenvalue weighted by molar-refractivity contribution is 0.420. The highest BCUT2D eigenvalue weighted by Gasteiger charge is 2.21. The lowest BCUT2D eigenvalue weighted by atomic mass is 10.2. The molecule has 0 spiro atoms. The molecule has 8 nitrogen and oxygen atoms in total. The molecule has 0 saturated heterocycles. The zero-order chi connectivity index (χ0) is 22.1. The van der Waals surface area contributed by atoms with Gasteiger partial charge < -0.3 is 10.1 Å². The largest absolute Gasteiger partial charge is 0.425 e. The zero-order valence-electron chi connectivity index (χ0n) is 17.4. The van der Waals surface area contributed by atoms with E-state index in [0.717, 1.165) is 15.7 Å². The first kappa shape index (κ1) is 20.9. The van der Waals surface area contributed by atoms with Crippen molar-refractivity contribution in [1.29, 1.82) is 0 Å². The van der Waals surface area contributed by atoms with Gasteiger partial charge in [-0.25, -0.2) is 4.79 Å². The molecule has 0 aliphatic heterocycles. The van der Waals surface area contributed by atoms with Gasteiger partial charge in [-0.1, -0.05) is 35.9 Å². The summed E-state index contributed by atoms with van der Waals surface area (Å²) >= 11 is 6.15. The number of hydrogen-bond acceptors (Lipinski definition) is 5. The fourth-order valence-electron chi connectivity index (χ4n) is 3.50. The number of ether oxygens (including phenoxy) is 1. The predicted octanol–water partition coefficient (Wildman–Crippen LogP) is 2.65. The standard InChI is InChI=1S/C22H22ClN5O3/c1-24-12-14-6-5-9-17(11-14)31-21-25-19-18(20(29)27(3)22(30)26(19)2)28(21)13-15-7-4-8-16(23)10-15/h4-11,24H,12-13H2,1-3H3. The molecule has 0 aliphatic carbocycles. The van der Waals surface area contributed by atoms with Crippen molar-refractivity contribution in [1.82, 2.24) is 24.0 Å². The van der Waals surface area contributed by atoms with Crippen LogP contribution in [0, 0.1) is 0 Å². The van der Waals surface area contributed by atoms with Gasteiger partial charge >= 0.3 is 11.7 Å². The SMILES string of the molecule is CNCc1cccc(Oc2nc3c(c(=O)n(C)c(=O)n3C)n2Cc2cccc(Cl)c2)c1. The Morgan fingerprint density at radius 3 is 2.52 bits per heavy atom. The average molecular weight is 440 g/mol. The fraction of sp³-hybridized carbons (Fsp3) is 0.227. The molecule has 9 heteroatoms. The number of rotatable bonds is 6. The molecule has 2 aromatic carbocycles. The summed E-state index contributed by atoms with van der Waals surface area (Å²) < 4.78 is 10.2. The van der Waals surface area contributed by atoms with E-state index in [-0.39, 0.29) is 17.2 Å². The highest BCUT2D eigenvalue weighted by atomic mass is 35.5. The van der Waals surface area contributed by atoms with Crippen LogP contribution in [-0.2, 0) is 27.2 Å². The van der Waals surface area contributed by atoms with Gasteiger partial charge in [0.2, 0.25) is 0 Å². The van der Waals surface area contributed by atoms with Crippen molar-refractivity contribution >= 4 is 22.8 Å². The van der Waals surface area contributed by atoms with Crippen molar-refractivity contribution in [2.24, 2.45) is 14.1 Å².